The van der Waals surface area contributed by atoms with E-state index in [2.05, 4.69) is 9.88 Å². The molecule has 1 aromatic heterocycles. The molecular formula is C25H27N3O3. The zero-order valence-corrected chi connectivity index (χ0v) is 18.3. The first-order chi connectivity index (χ1) is 14.9. The van der Waals surface area contributed by atoms with Gasteiger partial charge in [-0.2, -0.15) is 0 Å². The first-order valence-electron chi connectivity index (χ1n) is 10.4. The lowest BCUT2D eigenvalue weighted by Gasteiger charge is -2.19. The van der Waals surface area contributed by atoms with Crippen molar-refractivity contribution in [2.45, 2.75) is 27.2 Å². The van der Waals surface area contributed by atoms with Crippen LogP contribution in [0.15, 0.2) is 54.6 Å². The van der Waals surface area contributed by atoms with Crippen molar-refractivity contribution in [1.29, 1.82) is 0 Å². The third kappa shape index (κ3) is 4.06. The SMILES string of the molecule is COc1ccc(NC(=O)[C@H]2CC(=O)N(c3ccc(C)cc3)C2)c(-n2c(C)ccc2C)c1. The maximum atomic E-state index is 13.1. The molecule has 0 bridgehead atoms. The number of amides is 2. The lowest BCUT2D eigenvalue weighted by molar-refractivity contribution is -0.122. The van der Waals surface area contributed by atoms with Gasteiger partial charge in [0.05, 0.1) is 24.4 Å². The van der Waals surface area contributed by atoms with Crippen LogP contribution in [0.2, 0.25) is 0 Å². The van der Waals surface area contributed by atoms with E-state index >= 15 is 0 Å². The average Bonchev–Trinajstić information content (AvgIpc) is 3.31. The molecule has 2 aromatic carbocycles. The number of benzene rings is 2. The summed E-state index contributed by atoms with van der Waals surface area (Å²) < 4.78 is 7.48. The van der Waals surface area contributed by atoms with E-state index in [1.807, 2.05) is 75.4 Å². The van der Waals surface area contributed by atoms with E-state index in [0.717, 1.165) is 28.3 Å². The van der Waals surface area contributed by atoms with Crippen molar-refractivity contribution in [3.05, 3.63) is 71.5 Å². The van der Waals surface area contributed by atoms with Crippen LogP contribution in [0.3, 0.4) is 0 Å². The zero-order valence-electron chi connectivity index (χ0n) is 18.3. The topological polar surface area (TPSA) is 63.6 Å². The van der Waals surface area contributed by atoms with Crippen LogP contribution in [-0.2, 0) is 9.59 Å². The van der Waals surface area contributed by atoms with Crippen molar-refractivity contribution in [1.82, 2.24) is 4.57 Å². The van der Waals surface area contributed by atoms with Gasteiger partial charge >= 0.3 is 0 Å². The Kier molecular flexibility index (Phi) is 5.55. The van der Waals surface area contributed by atoms with Gasteiger partial charge in [0.15, 0.2) is 0 Å². The highest BCUT2D eigenvalue weighted by Gasteiger charge is 2.35. The second-order valence-corrected chi connectivity index (χ2v) is 8.06. The Morgan fingerprint density at radius 3 is 2.32 bits per heavy atom. The van der Waals surface area contributed by atoms with Crippen LogP contribution in [0.5, 0.6) is 5.75 Å². The smallest absolute Gasteiger partial charge is 0.229 e. The number of aromatic nitrogens is 1. The summed E-state index contributed by atoms with van der Waals surface area (Å²) in [6.45, 7) is 6.42. The molecule has 0 unspecified atom stereocenters. The predicted molar refractivity (Wildman–Crippen MR) is 122 cm³/mol. The summed E-state index contributed by atoms with van der Waals surface area (Å²) in [6.07, 6.45) is 0.201. The molecule has 1 N–H and O–H groups in total. The summed E-state index contributed by atoms with van der Waals surface area (Å²) in [4.78, 5) is 27.4. The number of carbonyl (C=O) groups excluding carboxylic acids is 2. The van der Waals surface area contributed by atoms with Gasteiger partial charge < -0.3 is 19.5 Å². The molecule has 1 aliphatic rings. The number of nitrogens with one attached hydrogen (secondary N) is 1. The Hall–Kier alpha value is -3.54. The highest BCUT2D eigenvalue weighted by Crippen LogP contribution is 2.31. The van der Waals surface area contributed by atoms with Crippen molar-refractivity contribution in [3.63, 3.8) is 0 Å². The number of anilines is 2. The fourth-order valence-corrected chi connectivity index (χ4v) is 4.07. The van der Waals surface area contributed by atoms with Crippen LogP contribution in [0.1, 0.15) is 23.4 Å². The lowest BCUT2D eigenvalue weighted by Crippen LogP contribution is -2.28. The highest BCUT2D eigenvalue weighted by atomic mass is 16.5. The van der Waals surface area contributed by atoms with Crippen LogP contribution >= 0.6 is 0 Å². The first-order valence-corrected chi connectivity index (χ1v) is 10.4. The summed E-state index contributed by atoms with van der Waals surface area (Å²) >= 11 is 0. The molecule has 31 heavy (non-hydrogen) atoms. The number of hydrogen-bond donors (Lipinski definition) is 1. The monoisotopic (exact) mass is 417 g/mol. The standard InChI is InChI=1S/C25H27N3O3/c1-16-5-9-20(10-6-16)27-15-19(13-24(27)29)25(30)26-22-12-11-21(31-4)14-23(22)28-17(2)7-8-18(28)3/h5-12,14,19H,13,15H2,1-4H3,(H,26,30)/t19-/m0/s1. The molecule has 1 fully saturated rings. The van der Waals surface area contributed by atoms with Gasteiger partial charge in [-0.15, -0.1) is 0 Å². The largest absolute Gasteiger partial charge is 0.497 e. The summed E-state index contributed by atoms with van der Waals surface area (Å²) in [5.41, 5.74) is 5.61. The van der Waals surface area contributed by atoms with E-state index in [1.165, 1.54) is 0 Å². The van der Waals surface area contributed by atoms with E-state index in [9.17, 15) is 9.59 Å². The molecule has 0 radical (unpaired) electrons. The summed E-state index contributed by atoms with van der Waals surface area (Å²) in [6, 6.07) is 17.5. The number of hydrogen-bond acceptors (Lipinski definition) is 3. The van der Waals surface area contributed by atoms with E-state index in [1.54, 1.807) is 12.0 Å². The summed E-state index contributed by atoms with van der Waals surface area (Å²) in [7, 11) is 1.62. The second kappa shape index (κ2) is 8.30. The molecule has 0 spiro atoms. The summed E-state index contributed by atoms with van der Waals surface area (Å²) in [5.74, 6) is 0.116. The number of rotatable bonds is 5. The maximum absolute atomic E-state index is 13.1. The minimum absolute atomic E-state index is 0.0314. The van der Waals surface area contributed by atoms with Crippen molar-refractivity contribution < 1.29 is 14.3 Å². The van der Waals surface area contributed by atoms with Crippen LogP contribution < -0.4 is 15.0 Å². The van der Waals surface area contributed by atoms with Crippen LogP contribution in [0, 0.1) is 26.7 Å². The fourth-order valence-electron chi connectivity index (χ4n) is 4.07. The van der Waals surface area contributed by atoms with Gasteiger partial charge in [-0.25, -0.2) is 0 Å². The molecule has 6 nitrogen and oxygen atoms in total. The van der Waals surface area contributed by atoms with Crippen molar-refractivity contribution >= 4 is 23.2 Å². The van der Waals surface area contributed by atoms with Gasteiger partial charge in [0.25, 0.3) is 0 Å². The predicted octanol–water partition coefficient (Wildman–Crippen LogP) is 4.40. The average molecular weight is 418 g/mol. The molecule has 2 amide bonds. The molecule has 6 heteroatoms. The Morgan fingerprint density at radius 2 is 1.68 bits per heavy atom. The van der Waals surface area contributed by atoms with Crippen molar-refractivity contribution in [2.75, 3.05) is 23.9 Å². The van der Waals surface area contributed by atoms with Gasteiger partial charge in [0.1, 0.15) is 5.75 Å². The molecular weight excluding hydrogens is 390 g/mol. The number of aryl methyl sites for hydroxylation is 3. The number of methoxy groups -OCH3 is 1. The van der Waals surface area contributed by atoms with Gasteiger partial charge in [-0.1, -0.05) is 17.7 Å². The van der Waals surface area contributed by atoms with E-state index < -0.39 is 5.92 Å². The van der Waals surface area contributed by atoms with Gasteiger partial charge in [0.2, 0.25) is 11.8 Å². The molecule has 1 saturated heterocycles. The highest BCUT2D eigenvalue weighted by molar-refractivity contribution is 6.04. The van der Waals surface area contributed by atoms with Gasteiger partial charge in [0, 0.05) is 36.1 Å². The van der Waals surface area contributed by atoms with Gasteiger partial charge in [-0.05, 0) is 57.2 Å². The van der Waals surface area contributed by atoms with Crippen LogP contribution in [0.25, 0.3) is 5.69 Å². The Bertz CT molecular complexity index is 1110. The Morgan fingerprint density at radius 1 is 1.00 bits per heavy atom. The molecule has 160 valence electrons. The maximum Gasteiger partial charge on any atom is 0.229 e. The number of carbonyl (C=O) groups is 2. The molecule has 0 saturated carbocycles. The van der Waals surface area contributed by atoms with Crippen molar-refractivity contribution in [3.8, 4) is 11.4 Å². The first kappa shape index (κ1) is 20.7. The third-order valence-corrected chi connectivity index (χ3v) is 5.82. The molecule has 0 aliphatic carbocycles. The number of ether oxygens (including phenoxy) is 1. The van der Waals surface area contributed by atoms with Crippen LogP contribution in [0.4, 0.5) is 11.4 Å². The quantitative estimate of drug-likeness (QED) is 0.669. The lowest BCUT2D eigenvalue weighted by atomic mass is 10.1. The van der Waals surface area contributed by atoms with Gasteiger partial charge in [-0.3, -0.25) is 9.59 Å². The molecule has 1 atom stereocenters. The Labute approximate surface area is 182 Å². The molecule has 1 aliphatic heterocycles. The van der Waals surface area contributed by atoms with Crippen molar-refractivity contribution in [2.24, 2.45) is 5.92 Å². The molecule has 3 aromatic rings. The minimum atomic E-state index is -0.407. The van der Waals surface area contributed by atoms with E-state index in [0.29, 0.717) is 18.0 Å². The molecule has 2 heterocycles. The van der Waals surface area contributed by atoms with E-state index in [-0.39, 0.29) is 18.2 Å². The number of nitrogens with zero attached hydrogens (tertiary/aromatic N) is 2. The second-order valence-electron chi connectivity index (χ2n) is 8.06. The zero-order chi connectivity index (χ0) is 22.1. The molecule has 4 rings (SSSR count). The third-order valence-electron chi connectivity index (χ3n) is 5.82. The van der Waals surface area contributed by atoms with E-state index in [4.69, 9.17) is 4.74 Å². The minimum Gasteiger partial charge on any atom is -0.497 e. The normalized spacial score (nSPS) is 15.9. The fraction of sp³-hybridized carbons (Fsp3) is 0.280. The summed E-state index contributed by atoms with van der Waals surface area (Å²) in [5, 5.41) is 3.05. The Balaban J connectivity index is 1.58. The van der Waals surface area contributed by atoms with Crippen LogP contribution in [-0.4, -0.2) is 30.0 Å².